The fraction of sp³-hybridized carbons (Fsp3) is 0.267. The Balaban J connectivity index is 1.90. The molecule has 0 aromatic carbocycles. The third-order valence-corrected chi connectivity index (χ3v) is 3.13. The first kappa shape index (κ1) is 15.3. The van der Waals surface area contributed by atoms with Gasteiger partial charge in [0.15, 0.2) is 0 Å². The largest absolute Gasteiger partial charge is 0.369 e. The summed E-state index contributed by atoms with van der Waals surface area (Å²) < 4.78 is 0. The van der Waals surface area contributed by atoms with Crippen molar-refractivity contribution < 1.29 is 4.79 Å². The molecular weight excluding hydrogens is 288 g/mol. The number of hydrogen-bond donors (Lipinski definition) is 2. The summed E-state index contributed by atoms with van der Waals surface area (Å²) in [5.41, 5.74) is 1.39. The fourth-order valence-corrected chi connectivity index (χ4v) is 2.04. The maximum Gasteiger partial charge on any atom is 0.252 e. The second kappa shape index (κ2) is 7.59. The van der Waals surface area contributed by atoms with Gasteiger partial charge in [-0.1, -0.05) is 17.7 Å². The second-order valence-corrected chi connectivity index (χ2v) is 4.82. The number of pyridine rings is 2. The Kier molecular flexibility index (Phi) is 5.51. The smallest absolute Gasteiger partial charge is 0.252 e. The van der Waals surface area contributed by atoms with Gasteiger partial charge in [0.05, 0.1) is 10.6 Å². The van der Waals surface area contributed by atoms with E-state index >= 15 is 0 Å². The Labute approximate surface area is 128 Å². The lowest BCUT2D eigenvalue weighted by molar-refractivity contribution is 0.0953. The van der Waals surface area contributed by atoms with Gasteiger partial charge in [0.2, 0.25) is 0 Å². The lowest BCUT2D eigenvalue weighted by Gasteiger charge is -2.08. The highest BCUT2D eigenvalue weighted by atomic mass is 35.5. The first-order valence-electron chi connectivity index (χ1n) is 6.78. The summed E-state index contributed by atoms with van der Waals surface area (Å²) in [6.45, 7) is 3.20. The summed E-state index contributed by atoms with van der Waals surface area (Å²) in [7, 11) is 0. The average Bonchev–Trinajstić information content (AvgIpc) is 2.50. The predicted octanol–water partition coefficient (Wildman–Crippen LogP) is 2.53. The summed E-state index contributed by atoms with van der Waals surface area (Å²) in [4.78, 5) is 20.3. The summed E-state index contributed by atoms with van der Waals surface area (Å²) in [5.74, 6) is 0.396. The van der Waals surface area contributed by atoms with Crippen LogP contribution in [0.2, 0.25) is 5.02 Å². The normalized spacial score (nSPS) is 10.2. The van der Waals surface area contributed by atoms with E-state index in [9.17, 15) is 4.79 Å². The van der Waals surface area contributed by atoms with Crippen LogP contribution in [-0.4, -0.2) is 29.0 Å². The Morgan fingerprint density at radius 2 is 2.19 bits per heavy atom. The quantitative estimate of drug-likeness (QED) is 0.860. The van der Waals surface area contributed by atoms with E-state index in [1.54, 1.807) is 12.3 Å². The van der Waals surface area contributed by atoms with Gasteiger partial charge in [-0.2, -0.15) is 0 Å². The zero-order chi connectivity index (χ0) is 15.1. The van der Waals surface area contributed by atoms with Gasteiger partial charge >= 0.3 is 0 Å². The van der Waals surface area contributed by atoms with Crippen molar-refractivity contribution in [2.24, 2.45) is 0 Å². The van der Waals surface area contributed by atoms with E-state index in [1.807, 2.05) is 25.1 Å². The minimum atomic E-state index is -0.191. The molecule has 2 aromatic heterocycles. The number of hydrogen-bond acceptors (Lipinski definition) is 4. The first-order chi connectivity index (χ1) is 10.2. The number of anilines is 1. The molecule has 0 spiro atoms. The second-order valence-electron chi connectivity index (χ2n) is 4.41. The number of nitrogens with zero attached hydrogens (tertiary/aromatic N) is 2. The van der Waals surface area contributed by atoms with Crippen molar-refractivity contribution in [2.75, 3.05) is 18.4 Å². The highest BCUT2D eigenvalue weighted by Crippen LogP contribution is 2.19. The number of aromatic nitrogens is 2. The number of rotatable bonds is 6. The van der Waals surface area contributed by atoms with Crippen LogP contribution in [0, 0.1) is 0 Å². The van der Waals surface area contributed by atoms with Crippen molar-refractivity contribution in [3.8, 4) is 0 Å². The summed E-state index contributed by atoms with van der Waals surface area (Å²) in [5, 5.41) is 6.29. The van der Waals surface area contributed by atoms with Gasteiger partial charge < -0.3 is 10.6 Å². The fourth-order valence-electron chi connectivity index (χ4n) is 1.81. The van der Waals surface area contributed by atoms with Gasteiger partial charge in [0, 0.05) is 37.6 Å². The molecule has 2 N–H and O–H groups in total. The Bertz CT molecular complexity index is 604. The SMILES string of the molecule is CCNc1ncc(C(=O)NCCc2ccccn2)cc1Cl. The molecule has 2 heterocycles. The van der Waals surface area contributed by atoms with E-state index in [-0.39, 0.29) is 5.91 Å². The van der Waals surface area contributed by atoms with Crippen LogP contribution in [0.15, 0.2) is 36.7 Å². The molecule has 2 rings (SSSR count). The molecule has 5 nitrogen and oxygen atoms in total. The van der Waals surface area contributed by atoms with E-state index in [4.69, 9.17) is 11.6 Å². The molecule has 0 fully saturated rings. The Morgan fingerprint density at radius 1 is 1.33 bits per heavy atom. The molecule has 6 heteroatoms. The Hall–Kier alpha value is -2.14. The van der Waals surface area contributed by atoms with E-state index in [2.05, 4.69) is 20.6 Å². The maximum absolute atomic E-state index is 12.0. The maximum atomic E-state index is 12.0. The summed E-state index contributed by atoms with van der Waals surface area (Å²) in [6, 6.07) is 7.33. The zero-order valence-electron chi connectivity index (χ0n) is 11.8. The lowest BCUT2D eigenvalue weighted by atomic mass is 10.2. The minimum Gasteiger partial charge on any atom is -0.369 e. The number of halogens is 1. The molecule has 0 aliphatic heterocycles. The molecule has 0 saturated carbocycles. The van der Waals surface area contributed by atoms with Crippen molar-refractivity contribution in [2.45, 2.75) is 13.3 Å². The molecule has 0 saturated heterocycles. The number of carbonyl (C=O) groups excluding carboxylic acids is 1. The van der Waals surface area contributed by atoms with E-state index < -0.39 is 0 Å². The van der Waals surface area contributed by atoms with E-state index in [1.165, 1.54) is 6.20 Å². The minimum absolute atomic E-state index is 0.191. The summed E-state index contributed by atoms with van der Waals surface area (Å²) >= 11 is 6.07. The van der Waals surface area contributed by atoms with Gasteiger partial charge in [-0.3, -0.25) is 9.78 Å². The van der Waals surface area contributed by atoms with E-state index in [0.717, 1.165) is 12.2 Å². The molecule has 0 radical (unpaired) electrons. The van der Waals surface area contributed by atoms with Crippen LogP contribution in [0.1, 0.15) is 23.0 Å². The van der Waals surface area contributed by atoms with Crippen LogP contribution in [0.25, 0.3) is 0 Å². The molecule has 0 bridgehead atoms. The van der Waals surface area contributed by atoms with Gasteiger partial charge in [-0.25, -0.2) is 4.98 Å². The average molecular weight is 305 g/mol. The molecule has 2 aromatic rings. The van der Waals surface area contributed by atoms with Crippen molar-refractivity contribution >= 4 is 23.3 Å². The van der Waals surface area contributed by atoms with Crippen molar-refractivity contribution in [1.82, 2.24) is 15.3 Å². The van der Waals surface area contributed by atoms with Gasteiger partial charge in [-0.05, 0) is 25.1 Å². The van der Waals surface area contributed by atoms with Gasteiger partial charge in [-0.15, -0.1) is 0 Å². The number of nitrogens with one attached hydrogen (secondary N) is 2. The van der Waals surface area contributed by atoms with Crippen LogP contribution in [0.3, 0.4) is 0 Å². The van der Waals surface area contributed by atoms with Gasteiger partial charge in [0.1, 0.15) is 5.82 Å². The number of carbonyl (C=O) groups is 1. The number of amides is 1. The topological polar surface area (TPSA) is 66.9 Å². The molecule has 0 aliphatic rings. The molecular formula is C15H17ClN4O. The molecule has 0 atom stereocenters. The standard InChI is InChI=1S/C15H17ClN4O/c1-2-17-14-13(16)9-11(10-20-14)15(21)19-8-6-12-5-3-4-7-18-12/h3-5,7,9-10H,2,6,8H2,1H3,(H,17,20)(H,19,21). The third kappa shape index (κ3) is 4.43. The molecule has 0 unspecified atom stereocenters. The Morgan fingerprint density at radius 3 is 2.86 bits per heavy atom. The zero-order valence-corrected chi connectivity index (χ0v) is 12.5. The molecule has 1 amide bonds. The van der Waals surface area contributed by atoms with Crippen molar-refractivity contribution in [3.63, 3.8) is 0 Å². The summed E-state index contributed by atoms with van der Waals surface area (Å²) in [6.07, 6.45) is 3.93. The highest BCUT2D eigenvalue weighted by Gasteiger charge is 2.09. The molecule has 110 valence electrons. The molecule has 21 heavy (non-hydrogen) atoms. The van der Waals surface area contributed by atoms with Crippen LogP contribution in [0.5, 0.6) is 0 Å². The van der Waals surface area contributed by atoms with Crippen LogP contribution in [-0.2, 0) is 6.42 Å². The third-order valence-electron chi connectivity index (χ3n) is 2.84. The van der Waals surface area contributed by atoms with Crippen LogP contribution < -0.4 is 10.6 Å². The predicted molar refractivity (Wildman–Crippen MR) is 83.7 cm³/mol. The van der Waals surface area contributed by atoms with E-state index in [0.29, 0.717) is 29.4 Å². The highest BCUT2D eigenvalue weighted by molar-refractivity contribution is 6.33. The molecule has 0 aliphatic carbocycles. The first-order valence-corrected chi connectivity index (χ1v) is 7.16. The lowest BCUT2D eigenvalue weighted by Crippen LogP contribution is -2.26. The van der Waals surface area contributed by atoms with Crippen molar-refractivity contribution in [3.05, 3.63) is 52.9 Å². The van der Waals surface area contributed by atoms with Crippen LogP contribution in [0.4, 0.5) is 5.82 Å². The van der Waals surface area contributed by atoms with Crippen molar-refractivity contribution in [1.29, 1.82) is 0 Å². The van der Waals surface area contributed by atoms with Gasteiger partial charge in [0.25, 0.3) is 5.91 Å². The van der Waals surface area contributed by atoms with Crippen LogP contribution >= 0.6 is 11.6 Å². The monoisotopic (exact) mass is 304 g/mol.